The topological polar surface area (TPSA) is 39.1 Å². The van der Waals surface area contributed by atoms with Crippen molar-refractivity contribution in [2.45, 2.75) is 39.8 Å². The van der Waals surface area contributed by atoms with Gasteiger partial charge in [0.1, 0.15) is 11.6 Å². The predicted molar refractivity (Wildman–Crippen MR) is 81.1 cm³/mol. The molecule has 0 aliphatic heterocycles. The summed E-state index contributed by atoms with van der Waals surface area (Å²) in [4.78, 5) is 0. The zero-order valence-corrected chi connectivity index (χ0v) is 12.8. The second kappa shape index (κ2) is 7.22. The molecule has 0 spiro atoms. The van der Waals surface area contributed by atoms with Crippen molar-refractivity contribution in [1.82, 2.24) is 15.1 Å². The van der Waals surface area contributed by atoms with E-state index >= 15 is 0 Å². The molecule has 1 aromatic heterocycles. The highest BCUT2D eigenvalue weighted by Gasteiger charge is 2.13. The number of nitrogens with one attached hydrogen (secondary N) is 1. The predicted octanol–water partition coefficient (Wildman–Crippen LogP) is 3.90. The van der Waals surface area contributed by atoms with Crippen LogP contribution < -0.4 is 10.1 Å². The monoisotopic (exact) mass is 291 g/mol. The first-order valence-corrected chi connectivity index (χ1v) is 7.37. The minimum Gasteiger partial charge on any atom is -0.454 e. The maximum absolute atomic E-state index is 13.5. The van der Waals surface area contributed by atoms with E-state index in [2.05, 4.69) is 17.3 Å². The number of ether oxygens (including phenoxy) is 1. The fraction of sp³-hybridized carbons (Fsp3) is 0.438. The fourth-order valence-electron chi connectivity index (χ4n) is 2.24. The molecule has 0 saturated heterocycles. The maximum Gasteiger partial charge on any atom is 0.165 e. The number of benzene rings is 1. The second-order valence-corrected chi connectivity index (χ2v) is 5.00. The summed E-state index contributed by atoms with van der Waals surface area (Å²) in [7, 11) is 0. The number of nitrogens with zero attached hydrogens (tertiary/aromatic N) is 2. The molecule has 2 aromatic rings. The van der Waals surface area contributed by atoms with Crippen LogP contribution in [-0.2, 0) is 6.54 Å². The van der Waals surface area contributed by atoms with E-state index in [0.717, 1.165) is 25.1 Å². The van der Waals surface area contributed by atoms with Gasteiger partial charge in [-0.1, -0.05) is 13.8 Å². The van der Waals surface area contributed by atoms with Crippen molar-refractivity contribution in [2.75, 3.05) is 6.54 Å². The highest BCUT2D eigenvalue weighted by molar-refractivity contribution is 5.39. The van der Waals surface area contributed by atoms with Crippen LogP contribution >= 0.6 is 0 Å². The molecule has 0 aliphatic carbocycles. The molecule has 0 fully saturated rings. The van der Waals surface area contributed by atoms with Crippen molar-refractivity contribution in [3.63, 3.8) is 0 Å². The number of rotatable bonds is 7. The van der Waals surface area contributed by atoms with Gasteiger partial charge in [0.2, 0.25) is 0 Å². The van der Waals surface area contributed by atoms with Gasteiger partial charge in [0.05, 0.1) is 12.4 Å². The van der Waals surface area contributed by atoms with Crippen LogP contribution in [0.4, 0.5) is 4.39 Å². The van der Waals surface area contributed by atoms with Gasteiger partial charge >= 0.3 is 0 Å². The van der Waals surface area contributed by atoms with Gasteiger partial charge in [-0.3, -0.25) is 4.68 Å². The molecule has 5 heteroatoms. The van der Waals surface area contributed by atoms with E-state index in [1.807, 2.05) is 24.7 Å². The van der Waals surface area contributed by atoms with Crippen LogP contribution in [0.25, 0.3) is 0 Å². The Labute approximate surface area is 124 Å². The first kappa shape index (κ1) is 15.5. The van der Waals surface area contributed by atoms with Gasteiger partial charge in [-0.15, -0.1) is 0 Å². The molecule has 1 heterocycles. The van der Waals surface area contributed by atoms with E-state index in [-0.39, 0.29) is 11.9 Å². The number of halogens is 1. The van der Waals surface area contributed by atoms with Crippen molar-refractivity contribution in [3.05, 3.63) is 42.0 Å². The Morgan fingerprint density at radius 2 is 2.19 bits per heavy atom. The van der Waals surface area contributed by atoms with E-state index in [4.69, 9.17) is 4.74 Å². The molecule has 2 rings (SSSR count). The standard InChI is InChI=1S/C16H22FN3O/c1-4-8-20-11-14(10-19-20)21-16-7-6-13(17)9-15(16)12(3)18-5-2/h6-7,9-12,18H,4-5,8H2,1-3H3. The summed E-state index contributed by atoms with van der Waals surface area (Å²) in [6.07, 6.45) is 4.55. The van der Waals surface area contributed by atoms with Crippen LogP contribution in [0, 0.1) is 5.82 Å². The molecule has 0 amide bonds. The molecular weight excluding hydrogens is 269 g/mol. The summed E-state index contributed by atoms with van der Waals surface area (Å²) in [5.74, 6) is 1.06. The van der Waals surface area contributed by atoms with Gasteiger partial charge in [0.15, 0.2) is 5.75 Å². The van der Waals surface area contributed by atoms with Crippen molar-refractivity contribution < 1.29 is 9.13 Å². The van der Waals surface area contributed by atoms with Crippen LogP contribution in [0.3, 0.4) is 0 Å². The van der Waals surface area contributed by atoms with E-state index in [0.29, 0.717) is 11.5 Å². The van der Waals surface area contributed by atoms with Crippen molar-refractivity contribution in [3.8, 4) is 11.5 Å². The van der Waals surface area contributed by atoms with Crippen molar-refractivity contribution in [1.29, 1.82) is 0 Å². The lowest BCUT2D eigenvalue weighted by Crippen LogP contribution is -2.18. The summed E-state index contributed by atoms with van der Waals surface area (Å²) in [5.41, 5.74) is 0.806. The summed E-state index contributed by atoms with van der Waals surface area (Å²) < 4.78 is 21.2. The summed E-state index contributed by atoms with van der Waals surface area (Å²) >= 11 is 0. The second-order valence-electron chi connectivity index (χ2n) is 5.00. The molecule has 21 heavy (non-hydrogen) atoms. The molecule has 0 radical (unpaired) electrons. The summed E-state index contributed by atoms with van der Waals surface area (Å²) in [6, 6.07) is 4.61. The first-order valence-electron chi connectivity index (χ1n) is 7.37. The molecule has 114 valence electrons. The minimum absolute atomic E-state index is 0.0198. The SMILES string of the molecule is CCCn1cc(Oc2ccc(F)cc2C(C)NCC)cn1. The fourth-order valence-corrected chi connectivity index (χ4v) is 2.24. The van der Waals surface area contributed by atoms with Crippen LogP contribution in [-0.4, -0.2) is 16.3 Å². The molecule has 0 aliphatic rings. The number of aryl methyl sites for hydroxylation is 1. The number of aromatic nitrogens is 2. The van der Waals surface area contributed by atoms with Gasteiger partial charge in [-0.05, 0) is 38.1 Å². The minimum atomic E-state index is -0.260. The average Bonchev–Trinajstić information content (AvgIpc) is 2.89. The Balaban J connectivity index is 2.21. The molecule has 0 saturated carbocycles. The van der Waals surface area contributed by atoms with Gasteiger partial charge in [0.25, 0.3) is 0 Å². The Morgan fingerprint density at radius 3 is 2.90 bits per heavy atom. The number of hydrogen-bond donors (Lipinski definition) is 1. The molecule has 1 atom stereocenters. The lowest BCUT2D eigenvalue weighted by atomic mass is 10.1. The molecular formula is C16H22FN3O. The van der Waals surface area contributed by atoms with Crippen LogP contribution in [0.15, 0.2) is 30.6 Å². The van der Waals surface area contributed by atoms with E-state index < -0.39 is 0 Å². The third kappa shape index (κ3) is 4.04. The quantitative estimate of drug-likeness (QED) is 0.841. The van der Waals surface area contributed by atoms with E-state index in [1.54, 1.807) is 12.3 Å². The smallest absolute Gasteiger partial charge is 0.165 e. The summed E-state index contributed by atoms with van der Waals surface area (Å²) in [5, 5.41) is 7.51. The van der Waals surface area contributed by atoms with E-state index in [9.17, 15) is 4.39 Å². The lowest BCUT2D eigenvalue weighted by molar-refractivity contribution is 0.458. The number of hydrogen-bond acceptors (Lipinski definition) is 3. The maximum atomic E-state index is 13.5. The Morgan fingerprint density at radius 1 is 1.38 bits per heavy atom. The van der Waals surface area contributed by atoms with E-state index in [1.165, 1.54) is 12.1 Å². The average molecular weight is 291 g/mol. The highest BCUT2D eigenvalue weighted by atomic mass is 19.1. The zero-order chi connectivity index (χ0) is 15.2. The first-order chi connectivity index (χ1) is 10.1. The molecule has 1 N–H and O–H groups in total. The molecule has 1 aromatic carbocycles. The van der Waals surface area contributed by atoms with Crippen LogP contribution in [0.1, 0.15) is 38.8 Å². The molecule has 4 nitrogen and oxygen atoms in total. The zero-order valence-electron chi connectivity index (χ0n) is 12.8. The Hall–Kier alpha value is -1.88. The van der Waals surface area contributed by atoms with Crippen molar-refractivity contribution in [2.24, 2.45) is 0 Å². The van der Waals surface area contributed by atoms with Crippen LogP contribution in [0.2, 0.25) is 0 Å². The lowest BCUT2D eigenvalue weighted by Gasteiger charge is -2.17. The third-order valence-corrected chi connectivity index (χ3v) is 3.24. The van der Waals surface area contributed by atoms with Gasteiger partial charge < -0.3 is 10.1 Å². The summed E-state index contributed by atoms with van der Waals surface area (Å²) in [6.45, 7) is 7.77. The third-order valence-electron chi connectivity index (χ3n) is 3.24. The normalized spacial score (nSPS) is 12.4. The van der Waals surface area contributed by atoms with Crippen LogP contribution in [0.5, 0.6) is 11.5 Å². The Kier molecular flexibility index (Phi) is 5.33. The van der Waals surface area contributed by atoms with Gasteiger partial charge in [0, 0.05) is 18.2 Å². The van der Waals surface area contributed by atoms with Gasteiger partial charge in [-0.25, -0.2) is 4.39 Å². The van der Waals surface area contributed by atoms with Gasteiger partial charge in [-0.2, -0.15) is 5.10 Å². The van der Waals surface area contributed by atoms with Crippen molar-refractivity contribution >= 4 is 0 Å². The molecule has 0 bridgehead atoms. The largest absolute Gasteiger partial charge is 0.454 e. The highest BCUT2D eigenvalue weighted by Crippen LogP contribution is 2.30. The molecule has 1 unspecified atom stereocenters. The Bertz CT molecular complexity index is 583.